The Morgan fingerprint density at radius 2 is 1.72 bits per heavy atom. The first-order chi connectivity index (χ1) is 11.8. The molecule has 0 amide bonds. The Kier molecular flexibility index (Phi) is 4.66. The van der Waals surface area contributed by atoms with E-state index in [4.69, 9.17) is 5.41 Å². The van der Waals surface area contributed by atoms with E-state index >= 15 is 0 Å². The maximum absolute atomic E-state index is 8.77. The molecule has 0 unspecified atom stereocenters. The van der Waals surface area contributed by atoms with Crippen LogP contribution in [0.5, 0.6) is 0 Å². The highest BCUT2D eigenvalue weighted by Gasteiger charge is 2.23. The van der Waals surface area contributed by atoms with E-state index in [1.807, 2.05) is 0 Å². The molecule has 0 fully saturated rings. The van der Waals surface area contributed by atoms with Gasteiger partial charge in [0.25, 0.3) is 0 Å². The lowest BCUT2D eigenvalue weighted by Gasteiger charge is -2.23. The van der Waals surface area contributed by atoms with Gasteiger partial charge in [-0.3, -0.25) is 0 Å². The first-order valence-electron chi connectivity index (χ1n) is 8.92. The Hall–Kier alpha value is -2.19. The Morgan fingerprint density at radius 1 is 1.08 bits per heavy atom. The molecule has 2 heteroatoms. The third-order valence-electron chi connectivity index (χ3n) is 4.69. The second-order valence-corrected chi connectivity index (χ2v) is 8.26. The third kappa shape index (κ3) is 3.74. The SMILES string of the molecule is CN(C)CC1=CCC(c2cc3ccccc3cc2C(=N)C(C)(C)C)=C1. The van der Waals surface area contributed by atoms with Crippen molar-refractivity contribution in [1.82, 2.24) is 4.90 Å². The van der Waals surface area contributed by atoms with Crippen molar-refractivity contribution >= 4 is 22.1 Å². The molecule has 0 saturated heterocycles. The van der Waals surface area contributed by atoms with Crippen LogP contribution in [0, 0.1) is 10.8 Å². The van der Waals surface area contributed by atoms with Gasteiger partial charge >= 0.3 is 0 Å². The van der Waals surface area contributed by atoms with Gasteiger partial charge in [0, 0.05) is 23.2 Å². The molecular formula is C23H28N2. The number of hydrogen-bond donors (Lipinski definition) is 1. The molecule has 0 spiro atoms. The number of hydrogen-bond acceptors (Lipinski definition) is 2. The summed E-state index contributed by atoms with van der Waals surface area (Å²) in [6.45, 7) is 7.32. The molecule has 0 aliphatic heterocycles. The van der Waals surface area contributed by atoms with Crippen LogP contribution >= 0.6 is 0 Å². The molecule has 0 heterocycles. The summed E-state index contributed by atoms with van der Waals surface area (Å²) in [7, 11) is 4.20. The van der Waals surface area contributed by atoms with Crippen LogP contribution in [0.25, 0.3) is 16.3 Å². The maximum atomic E-state index is 8.77. The van der Waals surface area contributed by atoms with Gasteiger partial charge in [0.2, 0.25) is 0 Å². The quantitative estimate of drug-likeness (QED) is 0.732. The van der Waals surface area contributed by atoms with Crippen molar-refractivity contribution in [3.05, 3.63) is 65.3 Å². The molecule has 130 valence electrons. The minimum absolute atomic E-state index is 0.170. The lowest BCUT2D eigenvalue weighted by atomic mass is 9.81. The Bertz CT molecular complexity index is 877. The largest absolute Gasteiger partial charge is 0.305 e. The Labute approximate surface area is 151 Å². The zero-order valence-electron chi connectivity index (χ0n) is 16.0. The van der Waals surface area contributed by atoms with Crippen molar-refractivity contribution < 1.29 is 0 Å². The number of benzene rings is 2. The van der Waals surface area contributed by atoms with E-state index in [-0.39, 0.29) is 5.41 Å². The molecule has 1 aliphatic rings. The molecule has 0 bridgehead atoms. The van der Waals surface area contributed by atoms with Gasteiger partial charge in [-0.05, 0) is 60.1 Å². The molecule has 3 rings (SSSR count). The number of fused-ring (bicyclic) bond motifs is 1. The number of rotatable bonds is 4. The fraction of sp³-hybridized carbons (Fsp3) is 0.348. The van der Waals surface area contributed by atoms with Crippen LogP contribution in [0.1, 0.15) is 38.3 Å². The zero-order chi connectivity index (χ0) is 18.2. The average molecular weight is 332 g/mol. The van der Waals surface area contributed by atoms with Gasteiger partial charge in [-0.2, -0.15) is 0 Å². The average Bonchev–Trinajstić information content (AvgIpc) is 2.99. The monoisotopic (exact) mass is 332 g/mol. The van der Waals surface area contributed by atoms with Crippen molar-refractivity contribution in [1.29, 1.82) is 5.41 Å². The van der Waals surface area contributed by atoms with Gasteiger partial charge in [0.05, 0.1) is 0 Å². The van der Waals surface area contributed by atoms with Gasteiger partial charge in [-0.25, -0.2) is 0 Å². The Morgan fingerprint density at radius 3 is 2.32 bits per heavy atom. The molecular weight excluding hydrogens is 304 g/mol. The van der Waals surface area contributed by atoms with Crippen molar-refractivity contribution in [3.8, 4) is 0 Å². The lowest BCUT2D eigenvalue weighted by Crippen LogP contribution is -2.21. The smallest absolute Gasteiger partial charge is 0.0445 e. The first-order valence-corrected chi connectivity index (χ1v) is 8.92. The molecule has 25 heavy (non-hydrogen) atoms. The summed E-state index contributed by atoms with van der Waals surface area (Å²) in [5, 5.41) is 11.2. The molecule has 0 saturated carbocycles. The minimum atomic E-state index is -0.170. The minimum Gasteiger partial charge on any atom is -0.305 e. The number of nitrogens with one attached hydrogen (secondary N) is 1. The normalized spacial score (nSPS) is 14.8. The van der Waals surface area contributed by atoms with Crippen LogP contribution in [-0.4, -0.2) is 31.3 Å². The van der Waals surface area contributed by atoms with Crippen LogP contribution in [0.15, 0.2) is 54.1 Å². The van der Waals surface area contributed by atoms with Gasteiger partial charge in [0.1, 0.15) is 0 Å². The maximum Gasteiger partial charge on any atom is 0.0445 e. The van der Waals surface area contributed by atoms with Crippen molar-refractivity contribution in [2.24, 2.45) is 5.41 Å². The lowest BCUT2D eigenvalue weighted by molar-refractivity contribution is 0.449. The second-order valence-electron chi connectivity index (χ2n) is 8.26. The van der Waals surface area contributed by atoms with Crippen LogP contribution in [-0.2, 0) is 0 Å². The molecule has 2 aromatic carbocycles. The topological polar surface area (TPSA) is 27.1 Å². The number of allylic oxidation sites excluding steroid dienone is 2. The molecule has 0 radical (unpaired) electrons. The number of nitrogens with zero attached hydrogens (tertiary/aromatic N) is 1. The van der Waals surface area contributed by atoms with Crippen molar-refractivity contribution in [2.75, 3.05) is 20.6 Å². The standard InChI is InChI=1S/C23H28N2/c1-23(2,3)22(24)21-14-18-9-7-6-8-17(18)13-20(21)19-11-10-16(12-19)15-25(4)5/h6-10,12-14,24H,11,15H2,1-5H3. The van der Waals surface area contributed by atoms with Crippen LogP contribution in [0.4, 0.5) is 0 Å². The van der Waals surface area contributed by atoms with E-state index < -0.39 is 0 Å². The Balaban J connectivity index is 2.12. The zero-order valence-corrected chi connectivity index (χ0v) is 16.0. The summed E-state index contributed by atoms with van der Waals surface area (Å²) in [5.41, 5.74) is 5.50. The second kappa shape index (κ2) is 6.61. The summed E-state index contributed by atoms with van der Waals surface area (Å²) >= 11 is 0. The van der Waals surface area contributed by atoms with Gasteiger partial charge in [-0.15, -0.1) is 0 Å². The van der Waals surface area contributed by atoms with E-state index in [0.717, 1.165) is 18.5 Å². The molecule has 1 N–H and O–H groups in total. The molecule has 2 aromatic rings. The fourth-order valence-electron chi connectivity index (χ4n) is 3.36. The molecule has 2 nitrogen and oxygen atoms in total. The first kappa shape index (κ1) is 17.6. The molecule has 0 atom stereocenters. The van der Waals surface area contributed by atoms with Crippen molar-refractivity contribution in [2.45, 2.75) is 27.2 Å². The summed E-state index contributed by atoms with van der Waals surface area (Å²) in [6.07, 6.45) is 5.57. The van der Waals surface area contributed by atoms with E-state index in [2.05, 4.69) is 88.3 Å². The summed E-state index contributed by atoms with van der Waals surface area (Å²) in [5.74, 6) is 0. The van der Waals surface area contributed by atoms with E-state index in [1.54, 1.807) is 0 Å². The highest BCUT2D eigenvalue weighted by molar-refractivity contribution is 6.08. The van der Waals surface area contributed by atoms with Crippen LogP contribution < -0.4 is 0 Å². The van der Waals surface area contributed by atoms with E-state index in [9.17, 15) is 0 Å². The van der Waals surface area contributed by atoms with E-state index in [1.165, 1.54) is 27.5 Å². The van der Waals surface area contributed by atoms with Crippen LogP contribution in [0.2, 0.25) is 0 Å². The van der Waals surface area contributed by atoms with Gasteiger partial charge in [-0.1, -0.05) is 57.2 Å². The fourth-order valence-corrected chi connectivity index (χ4v) is 3.36. The van der Waals surface area contributed by atoms with E-state index in [0.29, 0.717) is 5.71 Å². The molecule has 0 aromatic heterocycles. The number of likely N-dealkylation sites (N-methyl/N-ethyl adjacent to an activating group) is 1. The van der Waals surface area contributed by atoms with Crippen LogP contribution in [0.3, 0.4) is 0 Å². The third-order valence-corrected chi connectivity index (χ3v) is 4.69. The van der Waals surface area contributed by atoms with Crippen molar-refractivity contribution in [3.63, 3.8) is 0 Å². The predicted octanol–water partition coefficient (Wildman–Crippen LogP) is 5.53. The highest BCUT2D eigenvalue weighted by Crippen LogP contribution is 2.35. The summed E-state index contributed by atoms with van der Waals surface area (Å²) in [4.78, 5) is 2.20. The highest BCUT2D eigenvalue weighted by atomic mass is 15.0. The van der Waals surface area contributed by atoms with Gasteiger partial charge < -0.3 is 10.3 Å². The van der Waals surface area contributed by atoms with Gasteiger partial charge in [0.15, 0.2) is 0 Å². The predicted molar refractivity (Wildman–Crippen MR) is 109 cm³/mol. The molecule has 1 aliphatic carbocycles. The summed E-state index contributed by atoms with van der Waals surface area (Å²) in [6, 6.07) is 12.9. The summed E-state index contributed by atoms with van der Waals surface area (Å²) < 4.78 is 0.